The van der Waals surface area contributed by atoms with Crippen LogP contribution in [-0.4, -0.2) is 36.6 Å². The van der Waals surface area contributed by atoms with Crippen LogP contribution < -0.4 is 14.2 Å². The van der Waals surface area contributed by atoms with Crippen molar-refractivity contribution in [2.45, 2.75) is 11.6 Å². The Bertz CT molecular complexity index is 924. The molecule has 8 heteroatoms. The smallest absolute Gasteiger partial charge is 0.284 e. The molecule has 0 unspecified atom stereocenters. The summed E-state index contributed by atoms with van der Waals surface area (Å²) in [5.41, 5.74) is 1.50. The third-order valence-corrected chi connectivity index (χ3v) is 4.47. The molecule has 0 bridgehead atoms. The zero-order chi connectivity index (χ0) is 19.2. The summed E-state index contributed by atoms with van der Waals surface area (Å²) in [5, 5.41) is 8.03. The SMILES string of the molecule is COc1ccc(CC(=O)Sc2nnc(-c3ccc(OC)cc3OC)o2)cc1. The van der Waals surface area contributed by atoms with E-state index >= 15 is 0 Å². The lowest BCUT2D eigenvalue weighted by molar-refractivity contribution is -0.110. The van der Waals surface area contributed by atoms with Gasteiger partial charge in [-0.2, -0.15) is 0 Å². The Balaban J connectivity index is 1.69. The van der Waals surface area contributed by atoms with E-state index in [4.69, 9.17) is 18.6 Å². The van der Waals surface area contributed by atoms with Crippen LogP contribution in [0.15, 0.2) is 52.1 Å². The number of hydrogen-bond acceptors (Lipinski definition) is 8. The van der Waals surface area contributed by atoms with Gasteiger partial charge in [0.25, 0.3) is 11.1 Å². The lowest BCUT2D eigenvalue weighted by atomic mass is 10.2. The summed E-state index contributed by atoms with van der Waals surface area (Å²) in [6.07, 6.45) is 0.248. The van der Waals surface area contributed by atoms with Gasteiger partial charge in [0.1, 0.15) is 17.2 Å². The number of hydrogen-bond donors (Lipinski definition) is 0. The van der Waals surface area contributed by atoms with E-state index in [1.807, 2.05) is 24.3 Å². The lowest BCUT2D eigenvalue weighted by Gasteiger charge is -2.07. The minimum Gasteiger partial charge on any atom is -0.497 e. The highest BCUT2D eigenvalue weighted by Crippen LogP contribution is 2.33. The van der Waals surface area contributed by atoms with Gasteiger partial charge in [-0.15, -0.1) is 10.2 Å². The molecular formula is C19H18N2O5S. The number of carbonyl (C=O) groups excluding carboxylic acids is 1. The first kappa shape index (κ1) is 18.8. The number of thioether (sulfide) groups is 1. The number of carbonyl (C=O) groups is 1. The second-order valence-electron chi connectivity index (χ2n) is 5.44. The van der Waals surface area contributed by atoms with Gasteiger partial charge in [-0.3, -0.25) is 4.79 Å². The average Bonchev–Trinajstić information content (AvgIpc) is 3.16. The zero-order valence-electron chi connectivity index (χ0n) is 15.1. The van der Waals surface area contributed by atoms with Gasteiger partial charge in [0.2, 0.25) is 5.12 Å². The van der Waals surface area contributed by atoms with E-state index < -0.39 is 0 Å². The first-order valence-corrected chi connectivity index (χ1v) is 8.84. The number of methoxy groups -OCH3 is 3. The molecule has 7 nitrogen and oxygen atoms in total. The highest BCUT2D eigenvalue weighted by molar-refractivity contribution is 8.13. The normalized spacial score (nSPS) is 10.5. The molecule has 0 saturated heterocycles. The highest BCUT2D eigenvalue weighted by Gasteiger charge is 2.17. The van der Waals surface area contributed by atoms with Crippen molar-refractivity contribution in [1.29, 1.82) is 0 Å². The Hall–Kier alpha value is -3.00. The van der Waals surface area contributed by atoms with Crippen LogP contribution in [-0.2, 0) is 11.2 Å². The molecule has 0 saturated carbocycles. The quantitative estimate of drug-likeness (QED) is 0.569. The van der Waals surface area contributed by atoms with Crippen molar-refractivity contribution in [3.8, 4) is 28.7 Å². The monoisotopic (exact) mass is 386 g/mol. The maximum atomic E-state index is 12.3. The Morgan fingerprint density at radius 2 is 1.67 bits per heavy atom. The molecule has 1 heterocycles. The summed E-state index contributed by atoms with van der Waals surface area (Å²) in [6, 6.07) is 12.6. The van der Waals surface area contributed by atoms with Crippen LogP contribution in [0, 0.1) is 0 Å². The van der Waals surface area contributed by atoms with E-state index in [2.05, 4.69) is 10.2 Å². The van der Waals surface area contributed by atoms with Crippen molar-refractivity contribution in [3.63, 3.8) is 0 Å². The first-order chi connectivity index (χ1) is 13.1. The van der Waals surface area contributed by atoms with Crippen molar-refractivity contribution in [1.82, 2.24) is 10.2 Å². The Morgan fingerprint density at radius 1 is 0.963 bits per heavy atom. The molecule has 140 valence electrons. The summed E-state index contributed by atoms with van der Waals surface area (Å²) in [7, 11) is 4.72. The van der Waals surface area contributed by atoms with Gasteiger partial charge in [-0.25, -0.2) is 0 Å². The summed E-state index contributed by atoms with van der Waals surface area (Å²) in [5.74, 6) is 2.21. The topological polar surface area (TPSA) is 83.7 Å². The van der Waals surface area contributed by atoms with E-state index in [-0.39, 0.29) is 22.6 Å². The molecule has 1 aromatic heterocycles. The van der Waals surface area contributed by atoms with Crippen molar-refractivity contribution in [2.24, 2.45) is 0 Å². The molecule has 0 spiro atoms. The molecule has 0 atom stereocenters. The van der Waals surface area contributed by atoms with Gasteiger partial charge in [-0.05, 0) is 29.8 Å². The van der Waals surface area contributed by atoms with E-state index in [1.165, 1.54) is 0 Å². The van der Waals surface area contributed by atoms with Crippen LogP contribution in [0.2, 0.25) is 0 Å². The van der Waals surface area contributed by atoms with Crippen LogP contribution in [0.25, 0.3) is 11.5 Å². The molecule has 0 aliphatic carbocycles. The molecule has 0 fully saturated rings. The Labute approximate surface area is 160 Å². The second kappa shape index (κ2) is 8.59. The van der Waals surface area contributed by atoms with Gasteiger partial charge in [0.15, 0.2) is 0 Å². The van der Waals surface area contributed by atoms with E-state index in [9.17, 15) is 4.79 Å². The fourth-order valence-electron chi connectivity index (χ4n) is 2.38. The fraction of sp³-hybridized carbons (Fsp3) is 0.211. The van der Waals surface area contributed by atoms with Crippen molar-refractivity contribution in [3.05, 3.63) is 48.0 Å². The first-order valence-electron chi connectivity index (χ1n) is 8.02. The maximum Gasteiger partial charge on any atom is 0.284 e. The molecule has 27 heavy (non-hydrogen) atoms. The summed E-state index contributed by atoms with van der Waals surface area (Å²) >= 11 is 0.909. The number of benzene rings is 2. The molecule has 0 aliphatic heterocycles. The number of nitrogens with zero attached hydrogens (tertiary/aromatic N) is 2. The maximum absolute atomic E-state index is 12.3. The highest BCUT2D eigenvalue weighted by atomic mass is 32.2. The largest absolute Gasteiger partial charge is 0.497 e. The molecule has 0 N–H and O–H groups in total. The van der Waals surface area contributed by atoms with Crippen LogP contribution in [0.4, 0.5) is 0 Å². The zero-order valence-corrected chi connectivity index (χ0v) is 15.9. The van der Waals surface area contributed by atoms with Crippen LogP contribution in [0.5, 0.6) is 17.2 Å². The summed E-state index contributed by atoms with van der Waals surface area (Å²) in [4.78, 5) is 12.3. The summed E-state index contributed by atoms with van der Waals surface area (Å²) in [6.45, 7) is 0. The standard InChI is InChI=1S/C19H18N2O5S/c1-23-13-6-4-12(5-7-13)10-17(22)27-19-21-20-18(26-19)15-9-8-14(24-2)11-16(15)25-3/h4-9,11H,10H2,1-3H3. The van der Waals surface area contributed by atoms with Gasteiger partial charge >= 0.3 is 0 Å². The molecule has 3 rings (SSSR count). The van der Waals surface area contributed by atoms with Crippen molar-refractivity contribution >= 4 is 16.9 Å². The number of aromatic nitrogens is 2. The van der Waals surface area contributed by atoms with E-state index in [1.54, 1.807) is 39.5 Å². The van der Waals surface area contributed by atoms with Gasteiger partial charge < -0.3 is 18.6 Å². The minimum atomic E-state index is -0.0999. The predicted octanol–water partition coefficient (Wildman–Crippen LogP) is 3.62. The molecule has 0 radical (unpaired) electrons. The number of ether oxygens (including phenoxy) is 3. The Kier molecular flexibility index (Phi) is 5.97. The van der Waals surface area contributed by atoms with Crippen molar-refractivity contribution in [2.75, 3.05) is 21.3 Å². The van der Waals surface area contributed by atoms with Crippen LogP contribution in [0.1, 0.15) is 5.56 Å². The lowest BCUT2D eigenvalue weighted by Crippen LogP contribution is -1.97. The van der Waals surface area contributed by atoms with Gasteiger partial charge in [0.05, 0.1) is 26.9 Å². The molecule has 2 aromatic carbocycles. The second-order valence-corrected chi connectivity index (χ2v) is 6.45. The molecular weight excluding hydrogens is 368 g/mol. The third kappa shape index (κ3) is 4.59. The predicted molar refractivity (Wildman–Crippen MR) is 100 cm³/mol. The van der Waals surface area contributed by atoms with Gasteiger partial charge in [-0.1, -0.05) is 12.1 Å². The number of rotatable bonds is 7. The minimum absolute atomic E-state index is 0.0999. The molecule has 3 aromatic rings. The molecule has 0 amide bonds. The average molecular weight is 386 g/mol. The van der Waals surface area contributed by atoms with E-state index in [0.717, 1.165) is 23.1 Å². The van der Waals surface area contributed by atoms with E-state index in [0.29, 0.717) is 17.1 Å². The third-order valence-electron chi connectivity index (χ3n) is 3.75. The van der Waals surface area contributed by atoms with Crippen LogP contribution >= 0.6 is 11.8 Å². The van der Waals surface area contributed by atoms with Crippen LogP contribution in [0.3, 0.4) is 0 Å². The fourth-order valence-corrected chi connectivity index (χ4v) is 3.01. The van der Waals surface area contributed by atoms with Gasteiger partial charge in [0, 0.05) is 24.2 Å². The van der Waals surface area contributed by atoms with Crippen molar-refractivity contribution < 1.29 is 23.4 Å². The summed E-state index contributed by atoms with van der Waals surface area (Å²) < 4.78 is 21.2. The Morgan fingerprint density at radius 3 is 2.33 bits per heavy atom. The molecule has 0 aliphatic rings.